The third-order valence-electron chi connectivity index (χ3n) is 4.13. The fraction of sp³-hybridized carbons (Fsp3) is 0.389. The average molecular weight is 350 g/mol. The fourth-order valence-corrected chi connectivity index (χ4v) is 3.81. The van der Waals surface area contributed by atoms with Crippen LogP contribution in [0.3, 0.4) is 0 Å². The number of nitrogens with zero attached hydrogens (tertiary/aromatic N) is 1. The maximum absolute atomic E-state index is 12.9. The van der Waals surface area contributed by atoms with Crippen molar-refractivity contribution in [3.63, 3.8) is 0 Å². The van der Waals surface area contributed by atoms with E-state index < -0.39 is 0 Å². The van der Waals surface area contributed by atoms with Gasteiger partial charge in [-0.15, -0.1) is 11.3 Å². The van der Waals surface area contributed by atoms with Crippen molar-refractivity contribution in [1.29, 1.82) is 0 Å². The number of benzene rings is 1. The molecule has 1 amide bonds. The van der Waals surface area contributed by atoms with Crippen LogP contribution in [0.1, 0.15) is 33.6 Å². The molecule has 122 valence electrons. The summed E-state index contributed by atoms with van der Waals surface area (Å²) in [4.78, 5) is 16.0. The van der Waals surface area contributed by atoms with Crippen molar-refractivity contribution in [2.75, 3.05) is 13.2 Å². The van der Waals surface area contributed by atoms with Gasteiger partial charge in [0, 0.05) is 28.6 Å². The smallest absolute Gasteiger partial charge is 0.254 e. The first-order chi connectivity index (χ1) is 11.1. The second-order valence-electron chi connectivity index (χ2n) is 5.85. The topological polar surface area (TPSA) is 29.5 Å². The van der Waals surface area contributed by atoms with E-state index in [0.717, 1.165) is 19.4 Å². The van der Waals surface area contributed by atoms with Crippen LogP contribution in [0.2, 0.25) is 5.02 Å². The molecule has 5 heteroatoms. The van der Waals surface area contributed by atoms with Crippen LogP contribution in [-0.4, -0.2) is 30.1 Å². The van der Waals surface area contributed by atoms with E-state index >= 15 is 0 Å². The van der Waals surface area contributed by atoms with Crippen LogP contribution in [0.5, 0.6) is 0 Å². The summed E-state index contributed by atoms with van der Waals surface area (Å²) >= 11 is 7.62. The molecule has 3 nitrogen and oxygen atoms in total. The van der Waals surface area contributed by atoms with Crippen LogP contribution in [0.15, 0.2) is 35.7 Å². The lowest BCUT2D eigenvalue weighted by Gasteiger charge is -2.25. The Balaban J connectivity index is 1.79. The van der Waals surface area contributed by atoms with Gasteiger partial charge in [-0.3, -0.25) is 4.79 Å². The number of carbonyl (C=O) groups excluding carboxylic acids is 1. The summed E-state index contributed by atoms with van der Waals surface area (Å²) in [5.41, 5.74) is 1.90. The quantitative estimate of drug-likeness (QED) is 0.793. The normalized spacial score (nSPS) is 17.4. The first-order valence-electron chi connectivity index (χ1n) is 7.83. The van der Waals surface area contributed by atoms with Gasteiger partial charge < -0.3 is 9.64 Å². The molecule has 1 aromatic carbocycles. The van der Waals surface area contributed by atoms with E-state index in [1.54, 1.807) is 35.6 Å². The van der Waals surface area contributed by atoms with E-state index in [4.69, 9.17) is 16.3 Å². The molecule has 0 unspecified atom stereocenters. The number of hydrogen-bond acceptors (Lipinski definition) is 3. The Morgan fingerprint density at radius 1 is 1.35 bits per heavy atom. The van der Waals surface area contributed by atoms with Gasteiger partial charge in [0.1, 0.15) is 0 Å². The molecule has 0 radical (unpaired) electrons. The molecule has 1 aliphatic rings. The first kappa shape index (κ1) is 16.5. The van der Waals surface area contributed by atoms with Gasteiger partial charge in [0.15, 0.2) is 0 Å². The third kappa shape index (κ3) is 4.14. The van der Waals surface area contributed by atoms with Gasteiger partial charge in [-0.05, 0) is 61.0 Å². The van der Waals surface area contributed by atoms with Gasteiger partial charge in [-0.2, -0.15) is 0 Å². The molecular weight excluding hydrogens is 330 g/mol. The Kier molecular flexibility index (Phi) is 5.36. The third-order valence-corrected chi connectivity index (χ3v) is 5.39. The van der Waals surface area contributed by atoms with Crippen molar-refractivity contribution in [2.45, 2.75) is 32.4 Å². The van der Waals surface area contributed by atoms with E-state index in [1.165, 1.54) is 10.4 Å². The number of hydrogen-bond donors (Lipinski definition) is 0. The maximum atomic E-state index is 12.9. The number of rotatable bonds is 5. The molecule has 3 rings (SSSR count). The molecule has 0 bridgehead atoms. The molecular formula is C18H20ClNO2S. The summed E-state index contributed by atoms with van der Waals surface area (Å²) in [6.07, 6.45) is 2.24. The first-order valence-corrected chi connectivity index (χ1v) is 9.08. The Hall–Kier alpha value is -1.36. The van der Waals surface area contributed by atoms with Gasteiger partial charge in [-0.25, -0.2) is 0 Å². The Bertz CT molecular complexity index is 662. The minimum atomic E-state index is 0.0324. The summed E-state index contributed by atoms with van der Waals surface area (Å²) in [7, 11) is 0. The molecule has 2 aromatic rings. The van der Waals surface area contributed by atoms with Crippen LogP contribution in [-0.2, 0) is 11.3 Å². The van der Waals surface area contributed by atoms with Gasteiger partial charge in [0.05, 0.1) is 12.6 Å². The van der Waals surface area contributed by atoms with Gasteiger partial charge in [0.2, 0.25) is 0 Å². The van der Waals surface area contributed by atoms with Crippen molar-refractivity contribution in [3.8, 4) is 0 Å². The molecule has 0 saturated carbocycles. The zero-order chi connectivity index (χ0) is 16.2. The molecule has 1 fully saturated rings. The van der Waals surface area contributed by atoms with E-state index in [0.29, 0.717) is 23.7 Å². The van der Waals surface area contributed by atoms with Crippen molar-refractivity contribution >= 4 is 28.8 Å². The van der Waals surface area contributed by atoms with Crippen molar-refractivity contribution in [1.82, 2.24) is 4.90 Å². The lowest BCUT2D eigenvalue weighted by molar-refractivity contribution is 0.0509. The van der Waals surface area contributed by atoms with Gasteiger partial charge >= 0.3 is 0 Å². The van der Waals surface area contributed by atoms with E-state index in [1.807, 2.05) is 4.90 Å². The summed E-state index contributed by atoms with van der Waals surface area (Å²) in [6, 6.07) is 9.19. The van der Waals surface area contributed by atoms with Crippen molar-refractivity contribution in [2.24, 2.45) is 0 Å². The summed E-state index contributed by atoms with van der Waals surface area (Å²) in [5.74, 6) is 0.0324. The lowest BCUT2D eigenvalue weighted by Crippen LogP contribution is -2.36. The molecule has 1 saturated heterocycles. The number of thiophene rings is 1. The predicted octanol–water partition coefficient (Wildman–Crippen LogP) is 4.53. The average Bonchev–Trinajstić information content (AvgIpc) is 3.19. The van der Waals surface area contributed by atoms with E-state index in [9.17, 15) is 4.79 Å². The van der Waals surface area contributed by atoms with Gasteiger partial charge in [-0.1, -0.05) is 11.6 Å². The molecule has 1 aliphatic heterocycles. The predicted molar refractivity (Wildman–Crippen MR) is 94.2 cm³/mol. The van der Waals surface area contributed by atoms with Crippen LogP contribution < -0.4 is 0 Å². The molecule has 1 aromatic heterocycles. The minimum Gasteiger partial charge on any atom is -0.376 e. The second-order valence-corrected chi connectivity index (χ2v) is 7.29. The zero-order valence-electron chi connectivity index (χ0n) is 13.1. The molecule has 2 heterocycles. The highest BCUT2D eigenvalue weighted by Crippen LogP contribution is 2.22. The highest BCUT2D eigenvalue weighted by molar-refractivity contribution is 7.10. The Morgan fingerprint density at radius 2 is 2.13 bits per heavy atom. The van der Waals surface area contributed by atoms with E-state index in [-0.39, 0.29) is 12.0 Å². The molecule has 23 heavy (non-hydrogen) atoms. The SMILES string of the molecule is Cc1ccsc1CN(C[C@H]1CCCO1)C(=O)c1ccc(Cl)cc1. The highest BCUT2D eigenvalue weighted by atomic mass is 35.5. The number of amides is 1. The number of aryl methyl sites for hydroxylation is 1. The Morgan fingerprint density at radius 3 is 2.74 bits per heavy atom. The van der Waals surface area contributed by atoms with Gasteiger partial charge in [0.25, 0.3) is 5.91 Å². The van der Waals surface area contributed by atoms with Crippen LogP contribution in [0.25, 0.3) is 0 Å². The van der Waals surface area contributed by atoms with Crippen molar-refractivity contribution < 1.29 is 9.53 Å². The van der Waals surface area contributed by atoms with Crippen molar-refractivity contribution in [3.05, 3.63) is 56.7 Å². The summed E-state index contributed by atoms with van der Waals surface area (Å²) in [6.45, 7) is 4.15. The standard InChI is InChI=1S/C18H20ClNO2S/c1-13-8-10-23-17(13)12-20(11-16-3-2-9-22-16)18(21)14-4-6-15(19)7-5-14/h4-8,10,16H,2-3,9,11-12H2,1H3/t16-/m1/s1. The number of halogens is 1. The summed E-state index contributed by atoms with van der Waals surface area (Å²) < 4.78 is 5.73. The monoisotopic (exact) mass is 349 g/mol. The van der Waals surface area contributed by atoms with Crippen LogP contribution in [0.4, 0.5) is 0 Å². The molecule has 0 aliphatic carbocycles. The van der Waals surface area contributed by atoms with Crippen LogP contribution >= 0.6 is 22.9 Å². The largest absolute Gasteiger partial charge is 0.376 e. The highest BCUT2D eigenvalue weighted by Gasteiger charge is 2.24. The molecule has 0 spiro atoms. The molecule has 1 atom stereocenters. The maximum Gasteiger partial charge on any atom is 0.254 e. The fourth-order valence-electron chi connectivity index (χ4n) is 2.77. The summed E-state index contributed by atoms with van der Waals surface area (Å²) in [5, 5.41) is 2.71. The Labute approximate surface area is 145 Å². The van der Waals surface area contributed by atoms with Crippen LogP contribution in [0, 0.1) is 6.92 Å². The number of carbonyl (C=O) groups is 1. The lowest BCUT2D eigenvalue weighted by atomic mass is 10.1. The minimum absolute atomic E-state index is 0.0324. The zero-order valence-corrected chi connectivity index (χ0v) is 14.7. The second kappa shape index (κ2) is 7.47. The molecule has 0 N–H and O–H groups in total. The number of ether oxygens (including phenoxy) is 1. The van der Waals surface area contributed by atoms with E-state index in [2.05, 4.69) is 18.4 Å².